The summed E-state index contributed by atoms with van der Waals surface area (Å²) in [6.45, 7) is 3.71. The lowest BCUT2D eigenvalue weighted by Gasteiger charge is -2.41. The van der Waals surface area contributed by atoms with Gasteiger partial charge < -0.3 is 15.3 Å². The molecule has 1 aromatic carbocycles. The van der Waals surface area contributed by atoms with Crippen LogP contribution in [-0.2, 0) is 11.2 Å². The molecule has 0 atom stereocenters. The number of fused-ring (bicyclic) bond motifs is 1. The Bertz CT molecular complexity index is 469. The quantitative estimate of drug-likeness (QED) is 0.857. The van der Waals surface area contributed by atoms with E-state index in [2.05, 4.69) is 11.4 Å². The molecular formula is C14H20N2O2. The number of hydrogen-bond acceptors (Lipinski definition) is 3. The van der Waals surface area contributed by atoms with Crippen LogP contribution in [0.1, 0.15) is 25.8 Å². The average molecular weight is 248 g/mol. The van der Waals surface area contributed by atoms with Crippen LogP contribution in [0.15, 0.2) is 18.2 Å². The normalized spacial score (nSPS) is 15.6. The zero-order valence-corrected chi connectivity index (χ0v) is 11.2. The molecule has 4 nitrogen and oxygen atoms in total. The highest BCUT2D eigenvalue weighted by molar-refractivity contribution is 5.98. The summed E-state index contributed by atoms with van der Waals surface area (Å²) in [6, 6.07) is 5.98. The number of aryl methyl sites for hydroxylation is 1. The summed E-state index contributed by atoms with van der Waals surface area (Å²) in [5, 5.41) is 12.6. The Morgan fingerprint density at radius 3 is 2.72 bits per heavy atom. The molecule has 0 aromatic heterocycles. The zero-order chi connectivity index (χ0) is 13.3. The summed E-state index contributed by atoms with van der Waals surface area (Å²) in [7, 11) is 1.88. The number of nitrogens with zero attached hydrogens (tertiary/aromatic N) is 1. The number of anilines is 2. The Balaban J connectivity index is 2.48. The third-order valence-electron chi connectivity index (χ3n) is 3.46. The SMILES string of the molecule is CNc1ccc2c(c1)CCC(=O)N2C(C)(C)CO. The number of nitrogens with one attached hydrogen (secondary N) is 1. The lowest BCUT2D eigenvalue weighted by Crippen LogP contribution is -2.52. The molecule has 0 spiro atoms. The summed E-state index contributed by atoms with van der Waals surface area (Å²) >= 11 is 0. The highest BCUT2D eigenvalue weighted by Gasteiger charge is 2.35. The van der Waals surface area contributed by atoms with Gasteiger partial charge in [-0.3, -0.25) is 4.79 Å². The van der Waals surface area contributed by atoms with Crippen molar-refractivity contribution in [2.24, 2.45) is 0 Å². The molecule has 0 bridgehead atoms. The number of carbonyl (C=O) groups excluding carboxylic acids is 1. The number of hydrogen-bond donors (Lipinski definition) is 2. The van der Waals surface area contributed by atoms with Crippen molar-refractivity contribution in [1.29, 1.82) is 0 Å². The second kappa shape index (κ2) is 4.61. The molecule has 1 amide bonds. The highest BCUT2D eigenvalue weighted by Crippen LogP contribution is 2.34. The molecule has 4 heteroatoms. The Morgan fingerprint density at radius 1 is 1.39 bits per heavy atom. The van der Waals surface area contributed by atoms with Gasteiger partial charge in [0.1, 0.15) is 0 Å². The van der Waals surface area contributed by atoms with Crippen molar-refractivity contribution in [2.45, 2.75) is 32.2 Å². The molecule has 0 radical (unpaired) electrons. The molecule has 1 heterocycles. The van der Waals surface area contributed by atoms with E-state index in [9.17, 15) is 9.90 Å². The smallest absolute Gasteiger partial charge is 0.227 e. The van der Waals surface area contributed by atoms with Crippen LogP contribution in [-0.4, -0.2) is 30.2 Å². The number of benzene rings is 1. The number of aliphatic hydroxyl groups is 1. The van der Waals surface area contributed by atoms with Crippen molar-refractivity contribution < 1.29 is 9.90 Å². The van der Waals surface area contributed by atoms with Crippen LogP contribution in [0.25, 0.3) is 0 Å². The van der Waals surface area contributed by atoms with Crippen molar-refractivity contribution >= 4 is 17.3 Å². The third kappa shape index (κ3) is 2.08. The maximum atomic E-state index is 12.1. The highest BCUT2D eigenvalue weighted by atomic mass is 16.3. The van der Waals surface area contributed by atoms with Crippen molar-refractivity contribution in [3.8, 4) is 0 Å². The fraction of sp³-hybridized carbons (Fsp3) is 0.500. The number of aliphatic hydroxyl groups excluding tert-OH is 1. The van der Waals surface area contributed by atoms with Gasteiger partial charge in [-0.05, 0) is 44.0 Å². The number of carbonyl (C=O) groups is 1. The van der Waals surface area contributed by atoms with Crippen molar-refractivity contribution in [3.63, 3.8) is 0 Å². The monoisotopic (exact) mass is 248 g/mol. The van der Waals surface area contributed by atoms with Crippen LogP contribution < -0.4 is 10.2 Å². The van der Waals surface area contributed by atoms with Crippen molar-refractivity contribution in [3.05, 3.63) is 23.8 Å². The molecule has 2 rings (SSSR count). The maximum absolute atomic E-state index is 12.1. The van der Waals surface area contributed by atoms with Gasteiger partial charge in [0.15, 0.2) is 0 Å². The second-order valence-corrected chi connectivity index (χ2v) is 5.29. The summed E-state index contributed by atoms with van der Waals surface area (Å²) in [5.74, 6) is 0.0822. The molecule has 1 aliphatic heterocycles. The molecule has 0 fully saturated rings. The fourth-order valence-corrected chi connectivity index (χ4v) is 2.38. The summed E-state index contributed by atoms with van der Waals surface area (Å²) in [5.41, 5.74) is 2.56. The Hall–Kier alpha value is -1.55. The number of amides is 1. The van der Waals surface area contributed by atoms with E-state index in [4.69, 9.17) is 0 Å². The fourth-order valence-electron chi connectivity index (χ4n) is 2.38. The lowest BCUT2D eigenvalue weighted by atomic mass is 9.94. The predicted octanol–water partition coefficient (Wildman–Crippen LogP) is 1.78. The Labute approximate surface area is 108 Å². The number of rotatable bonds is 3. The minimum atomic E-state index is -0.562. The van der Waals surface area contributed by atoms with Gasteiger partial charge in [-0.1, -0.05) is 0 Å². The van der Waals surface area contributed by atoms with Gasteiger partial charge in [-0.25, -0.2) is 0 Å². The van der Waals surface area contributed by atoms with Crippen LogP contribution >= 0.6 is 0 Å². The largest absolute Gasteiger partial charge is 0.394 e. The van der Waals surface area contributed by atoms with E-state index in [1.807, 2.05) is 33.0 Å². The van der Waals surface area contributed by atoms with E-state index >= 15 is 0 Å². The summed E-state index contributed by atoms with van der Waals surface area (Å²) < 4.78 is 0. The topological polar surface area (TPSA) is 52.6 Å². The molecule has 1 aromatic rings. The summed E-state index contributed by atoms with van der Waals surface area (Å²) in [4.78, 5) is 13.8. The standard InChI is InChI=1S/C14H20N2O2/c1-14(2,9-17)16-12-6-5-11(15-3)8-10(12)4-7-13(16)18/h5-6,8,15,17H,4,7,9H2,1-3H3. The van der Waals surface area contributed by atoms with Gasteiger partial charge in [0.25, 0.3) is 0 Å². The van der Waals surface area contributed by atoms with E-state index < -0.39 is 5.54 Å². The maximum Gasteiger partial charge on any atom is 0.227 e. The molecule has 0 aliphatic carbocycles. The molecule has 2 N–H and O–H groups in total. The van der Waals surface area contributed by atoms with Gasteiger partial charge >= 0.3 is 0 Å². The van der Waals surface area contributed by atoms with Gasteiger partial charge in [0, 0.05) is 24.8 Å². The Morgan fingerprint density at radius 2 is 2.11 bits per heavy atom. The molecule has 18 heavy (non-hydrogen) atoms. The minimum Gasteiger partial charge on any atom is -0.394 e. The second-order valence-electron chi connectivity index (χ2n) is 5.29. The van der Waals surface area contributed by atoms with Gasteiger partial charge in [-0.15, -0.1) is 0 Å². The van der Waals surface area contributed by atoms with Crippen molar-refractivity contribution in [2.75, 3.05) is 23.9 Å². The average Bonchev–Trinajstić information content (AvgIpc) is 2.37. The molecule has 0 unspecified atom stereocenters. The van der Waals surface area contributed by atoms with Crippen LogP contribution in [0.4, 0.5) is 11.4 Å². The van der Waals surface area contributed by atoms with Gasteiger partial charge in [0.05, 0.1) is 12.1 Å². The lowest BCUT2D eigenvalue weighted by molar-refractivity contribution is -0.120. The molecule has 0 saturated heterocycles. The molecule has 0 saturated carbocycles. The van der Waals surface area contributed by atoms with Crippen LogP contribution in [0.5, 0.6) is 0 Å². The Kier molecular flexibility index (Phi) is 3.30. The molecule has 98 valence electrons. The van der Waals surface area contributed by atoms with Gasteiger partial charge in [0.2, 0.25) is 5.91 Å². The predicted molar refractivity (Wildman–Crippen MR) is 73.0 cm³/mol. The van der Waals surface area contributed by atoms with Crippen LogP contribution in [0.3, 0.4) is 0 Å². The van der Waals surface area contributed by atoms with E-state index in [0.717, 1.165) is 23.4 Å². The van der Waals surface area contributed by atoms with E-state index in [1.165, 1.54) is 0 Å². The minimum absolute atomic E-state index is 0.0496. The first kappa shape index (κ1) is 12.9. The first-order valence-corrected chi connectivity index (χ1v) is 6.24. The molecule has 1 aliphatic rings. The van der Waals surface area contributed by atoms with Gasteiger partial charge in [-0.2, -0.15) is 0 Å². The third-order valence-corrected chi connectivity index (χ3v) is 3.46. The van der Waals surface area contributed by atoms with E-state index in [0.29, 0.717) is 6.42 Å². The zero-order valence-electron chi connectivity index (χ0n) is 11.2. The molecular weight excluding hydrogens is 228 g/mol. The van der Waals surface area contributed by atoms with E-state index in [1.54, 1.807) is 4.90 Å². The summed E-state index contributed by atoms with van der Waals surface area (Å²) in [6.07, 6.45) is 1.27. The van der Waals surface area contributed by atoms with Crippen LogP contribution in [0.2, 0.25) is 0 Å². The van der Waals surface area contributed by atoms with Crippen molar-refractivity contribution in [1.82, 2.24) is 0 Å². The van der Waals surface area contributed by atoms with E-state index in [-0.39, 0.29) is 12.5 Å². The first-order chi connectivity index (χ1) is 8.49. The first-order valence-electron chi connectivity index (χ1n) is 6.24. The van der Waals surface area contributed by atoms with Crippen LogP contribution in [0, 0.1) is 0 Å².